The summed E-state index contributed by atoms with van der Waals surface area (Å²) in [6.07, 6.45) is 3.75. The van der Waals surface area contributed by atoms with Gasteiger partial charge in [0.05, 0.1) is 15.6 Å². The molecule has 3 unspecified atom stereocenters. The van der Waals surface area contributed by atoms with E-state index in [-0.39, 0.29) is 22.9 Å². The summed E-state index contributed by atoms with van der Waals surface area (Å²) < 4.78 is 2.99. The Morgan fingerprint density at radius 2 is 2.00 bits per heavy atom. The number of rotatable bonds is 4. The van der Waals surface area contributed by atoms with E-state index in [2.05, 4.69) is 32.5 Å². The van der Waals surface area contributed by atoms with Crippen molar-refractivity contribution >= 4 is 49.3 Å². The molecule has 6 heterocycles. The lowest BCUT2D eigenvalue weighted by Gasteiger charge is -2.19. The molecule has 3 saturated heterocycles. The number of fused-ring (bicyclic) bond motifs is 6. The molecule has 0 saturated carbocycles. The van der Waals surface area contributed by atoms with Gasteiger partial charge < -0.3 is 20.4 Å². The first-order valence-electron chi connectivity index (χ1n) is 12.7. The van der Waals surface area contributed by atoms with Gasteiger partial charge in [0, 0.05) is 45.0 Å². The molecule has 3 aromatic heterocycles. The molecule has 0 bridgehead atoms. The predicted octanol–water partition coefficient (Wildman–Crippen LogP) is 1.94. The van der Waals surface area contributed by atoms with Crippen LogP contribution in [-0.2, 0) is 0 Å². The summed E-state index contributed by atoms with van der Waals surface area (Å²) in [7, 11) is 2.18. The topological polar surface area (TPSA) is 94.9 Å². The Morgan fingerprint density at radius 1 is 1.19 bits per heavy atom. The Bertz CT molecular complexity index is 1540. The van der Waals surface area contributed by atoms with Gasteiger partial charge in [-0.2, -0.15) is 4.98 Å². The number of nitrogens with one attached hydrogen (secondary N) is 2. The lowest BCUT2D eigenvalue weighted by atomic mass is 10.0. The number of hydrogen-bond donors (Lipinski definition) is 2. The smallest absolute Gasteiger partial charge is 0.258 e. The second-order valence-corrected chi connectivity index (χ2v) is 11.5. The lowest BCUT2D eigenvalue weighted by Crippen LogP contribution is -2.39. The number of nitrogens with zero attached hydrogens (tertiary/aromatic N) is 5. The molecule has 186 valence electrons. The van der Waals surface area contributed by atoms with Gasteiger partial charge in [0.15, 0.2) is 5.65 Å². The van der Waals surface area contributed by atoms with Gasteiger partial charge in [0.25, 0.3) is 5.91 Å². The molecular weight excluding hydrogens is 474 g/mol. The van der Waals surface area contributed by atoms with Crippen LogP contribution in [0.2, 0.25) is 0 Å². The highest BCUT2D eigenvalue weighted by atomic mass is 32.1. The fourth-order valence-electron chi connectivity index (χ4n) is 6.27. The first kappa shape index (κ1) is 22.1. The third-order valence-electron chi connectivity index (χ3n) is 8.02. The van der Waals surface area contributed by atoms with E-state index in [0.717, 1.165) is 55.8 Å². The quantitative estimate of drug-likeness (QED) is 0.440. The van der Waals surface area contributed by atoms with Gasteiger partial charge in [0.1, 0.15) is 10.4 Å². The molecule has 1 amide bonds. The number of benzene rings is 1. The fraction of sp³-hybridized carbons (Fsp3) is 0.462. The summed E-state index contributed by atoms with van der Waals surface area (Å²) in [6.45, 7) is 5.53. The molecule has 10 heteroatoms. The van der Waals surface area contributed by atoms with E-state index in [1.54, 1.807) is 6.20 Å². The van der Waals surface area contributed by atoms with E-state index in [4.69, 9.17) is 4.98 Å². The molecule has 0 radical (unpaired) electrons. The Kier molecular flexibility index (Phi) is 5.23. The van der Waals surface area contributed by atoms with Crippen LogP contribution in [0.1, 0.15) is 23.2 Å². The fourth-order valence-corrected chi connectivity index (χ4v) is 7.45. The minimum atomic E-state index is -0.333. The molecular formula is C26H29N7O2S. The molecule has 3 atom stereocenters. The summed E-state index contributed by atoms with van der Waals surface area (Å²) in [4.78, 5) is 41.9. The largest absolute Gasteiger partial charge is 0.350 e. The van der Waals surface area contributed by atoms with Crippen LogP contribution >= 0.6 is 11.3 Å². The van der Waals surface area contributed by atoms with Gasteiger partial charge in [0.2, 0.25) is 11.4 Å². The Labute approximate surface area is 212 Å². The van der Waals surface area contributed by atoms with Crippen LogP contribution in [0, 0.1) is 11.8 Å². The average molecular weight is 504 g/mol. The number of thiazole rings is 1. The maximum Gasteiger partial charge on any atom is 0.258 e. The minimum Gasteiger partial charge on any atom is -0.350 e. The number of carbonyl (C=O) groups excluding carboxylic acids is 1. The lowest BCUT2D eigenvalue weighted by molar-refractivity contribution is 0.0951. The summed E-state index contributed by atoms with van der Waals surface area (Å²) >= 11 is 1.46. The molecule has 3 aliphatic rings. The normalized spacial score (nSPS) is 24.4. The molecule has 4 aromatic rings. The molecule has 7 rings (SSSR count). The van der Waals surface area contributed by atoms with Crippen LogP contribution in [0.25, 0.3) is 26.1 Å². The number of amides is 1. The predicted molar refractivity (Wildman–Crippen MR) is 142 cm³/mol. The second-order valence-electron chi connectivity index (χ2n) is 10.5. The van der Waals surface area contributed by atoms with Crippen LogP contribution in [0.3, 0.4) is 0 Å². The monoisotopic (exact) mass is 503 g/mol. The van der Waals surface area contributed by atoms with Crippen molar-refractivity contribution in [2.24, 2.45) is 11.8 Å². The van der Waals surface area contributed by atoms with Crippen LogP contribution in [0.15, 0.2) is 35.3 Å². The van der Waals surface area contributed by atoms with Crippen LogP contribution in [0.4, 0.5) is 5.95 Å². The zero-order valence-corrected chi connectivity index (χ0v) is 21.1. The molecule has 0 spiro atoms. The van der Waals surface area contributed by atoms with E-state index < -0.39 is 0 Å². The van der Waals surface area contributed by atoms with Gasteiger partial charge in [-0.15, -0.1) is 11.3 Å². The molecule has 1 aromatic carbocycles. The summed E-state index contributed by atoms with van der Waals surface area (Å²) in [6, 6.07) is 8.24. The van der Waals surface area contributed by atoms with E-state index in [9.17, 15) is 9.59 Å². The first-order chi connectivity index (χ1) is 17.6. The molecule has 3 aliphatic heterocycles. The molecule has 2 N–H and O–H groups in total. The third kappa shape index (κ3) is 3.50. The van der Waals surface area contributed by atoms with Gasteiger partial charge in [-0.25, -0.2) is 4.98 Å². The SMILES string of the molecule is CN1CC2CN(c3ncc4c(=O)c(C(=O)NCC5CCCN5)c5sc6ccccc6n5c4n3)CC2C1. The summed E-state index contributed by atoms with van der Waals surface area (Å²) in [5, 5.41) is 6.78. The maximum absolute atomic E-state index is 13.7. The van der Waals surface area contributed by atoms with Crippen molar-refractivity contribution in [2.75, 3.05) is 51.2 Å². The van der Waals surface area contributed by atoms with Crippen molar-refractivity contribution in [3.8, 4) is 0 Å². The first-order valence-corrected chi connectivity index (χ1v) is 13.6. The number of hydrogen-bond acceptors (Lipinski definition) is 8. The molecule has 3 fully saturated rings. The average Bonchev–Trinajstić information content (AvgIpc) is 3.65. The second kappa shape index (κ2) is 8.50. The Morgan fingerprint density at radius 3 is 2.78 bits per heavy atom. The number of likely N-dealkylation sites (tertiary alicyclic amines) is 1. The minimum absolute atomic E-state index is 0.178. The maximum atomic E-state index is 13.7. The van der Waals surface area contributed by atoms with Crippen molar-refractivity contribution in [3.63, 3.8) is 0 Å². The zero-order valence-electron chi connectivity index (χ0n) is 20.2. The standard InChI is InChI=1S/C26H29N7O2S/c1-31-11-15-13-32(14-16(15)12-31)26-29-10-18-22(34)21(24(35)28-9-17-5-4-8-27-17)25-33(23(18)30-26)19-6-2-3-7-20(19)36-25/h2-3,6-7,10,15-17,27H,4-5,8-9,11-14H2,1H3,(H,28,35). The Hall–Kier alpha value is -3.08. The van der Waals surface area contributed by atoms with E-state index >= 15 is 0 Å². The van der Waals surface area contributed by atoms with Crippen molar-refractivity contribution < 1.29 is 4.79 Å². The van der Waals surface area contributed by atoms with Gasteiger partial charge >= 0.3 is 0 Å². The van der Waals surface area contributed by atoms with Crippen molar-refractivity contribution in [2.45, 2.75) is 18.9 Å². The molecule has 36 heavy (non-hydrogen) atoms. The highest BCUT2D eigenvalue weighted by Gasteiger charge is 2.39. The number of pyridine rings is 1. The molecule has 0 aliphatic carbocycles. The van der Waals surface area contributed by atoms with Crippen LogP contribution < -0.4 is 21.0 Å². The van der Waals surface area contributed by atoms with Gasteiger partial charge in [-0.05, 0) is 50.4 Å². The Balaban J connectivity index is 1.35. The van der Waals surface area contributed by atoms with Crippen molar-refractivity contribution in [1.29, 1.82) is 0 Å². The summed E-state index contributed by atoms with van der Waals surface area (Å²) in [5.41, 5.74) is 1.39. The number of aromatic nitrogens is 3. The van der Waals surface area contributed by atoms with Crippen molar-refractivity contribution in [1.82, 2.24) is 29.9 Å². The van der Waals surface area contributed by atoms with E-state index in [0.29, 0.717) is 40.2 Å². The highest BCUT2D eigenvalue weighted by molar-refractivity contribution is 7.24. The number of para-hydroxylation sites is 1. The van der Waals surface area contributed by atoms with Crippen LogP contribution in [0.5, 0.6) is 0 Å². The number of anilines is 1. The van der Waals surface area contributed by atoms with E-state index in [1.165, 1.54) is 11.3 Å². The number of carbonyl (C=O) groups is 1. The van der Waals surface area contributed by atoms with Crippen molar-refractivity contribution in [3.05, 3.63) is 46.2 Å². The van der Waals surface area contributed by atoms with Gasteiger partial charge in [-0.3, -0.25) is 14.0 Å². The van der Waals surface area contributed by atoms with Crippen LogP contribution in [-0.4, -0.2) is 77.5 Å². The highest BCUT2D eigenvalue weighted by Crippen LogP contribution is 2.34. The van der Waals surface area contributed by atoms with E-state index in [1.807, 2.05) is 28.7 Å². The summed E-state index contributed by atoms with van der Waals surface area (Å²) in [5.74, 6) is 1.58. The third-order valence-corrected chi connectivity index (χ3v) is 9.16. The van der Waals surface area contributed by atoms with Gasteiger partial charge in [-0.1, -0.05) is 12.1 Å². The zero-order chi connectivity index (χ0) is 24.4. The molecule has 9 nitrogen and oxygen atoms in total.